The average Bonchev–Trinajstić information content (AvgIpc) is 2.89. The van der Waals surface area contributed by atoms with Gasteiger partial charge < -0.3 is 28.8 Å². The topological polar surface area (TPSA) is 66.4 Å². The summed E-state index contributed by atoms with van der Waals surface area (Å²) in [5, 5.41) is 11.3. The van der Waals surface area contributed by atoms with Crippen molar-refractivity contribution in [2.75, 3.05) is 6.79 Å². The molecule has 5 rings (SSSR count). The van der Waals surface area contributed by atoms with Crippen molar-refractivity contribution in [3.63, 3.8) is 0 Å². The Hall–Kier alpha value is -2.58. The molecule has 2 aliphatic rings. The molecular formula is C28H30O6. The van der Waals surface area contributed by atoms with Gasteiger partial charge in [-0.3, -0.25) is 0 Å². The minimum Gasteiger partial charge on any atom is -0.387 e. The first kappa shape index (κ1) is 23.2. The lowest BCUT2D eigenvalue weighted by atomic mass is 9.83. The highest BCUT2D eigenvalue weighted by molar-refractivity contribution is 5.16. The van der Waals surface area contributed by atoms with Gasteiger partial charge >= 0.3 is 0 Å². The van der Waals surface area contributed by atoms with E-state index in [4.69, 9.17) is 23.7 Å². The maximum Gasteiger partial charge on any atom is 0.148 e. The highest BCUT2D eigenvalue weighted by Crippen LogP contribution is 2.36. The largest absolute Gasteiger partial charge is 0.387 e. The summed E-state index contributed by atoms with van der Waals surface area (Å²) in [6, 6.07) is 29.7. The third-order valence-corrected chi connectivity index (χ3v) is 6.35. The lowest BCUT2D eigenvalue weighted by Gasteiger charge is -2.51. The monoisotopic (exact) mass is 462 g/mol. The van der Waals surface area contributed by atoms with Gasteiger partial charge in [0.25, 0.3) is 0 Å². The Balaban J connectivity index is 1.35. The van der Waals surface area contributed by atoms with Crippen LogP contribution in [-0.4, -0.2) is 48.5 Å². The fourth-order valence-corrected chi connectivity index (χ4v) is 4.59. The second-order valence-electron chi connectivity index (χ2n) is 8.65. The fraction of sp³-hybridized carbons (Fsp3) is 0.357. The van der Waals surface area contributed by atoms with Crippen LogP contribution in [0.4, 0.5) is 0 Å². The number of rotatable bonds is 9. The summed E-state index contributed by atoms with van der Waals surface area (Å²) in [4.78, 5) is 0. The van der Waals surface area contributed by atoms with Gasteiger partial charge in [0.15, 0.2) is 0 Å². The second kappa shape index (κ2) is 11.2. The van der Waals surface area contributed by atoms with Crippen molar-refractivity contribution < 1.29 is 28.8 Å². The van der Waals surface area contributed by atoms with Crippen LogP contribution in [0.5, 0.6) is 0 Å². The highest BCUT2D eigenvalue weighted by atomic mass is 16.7. The molecule has 0 radical (unpaired) electrons. The molecule has 0 spiro atoms. The van der Waals surface area contributed by atoms with Crippen LogP contribution in [0.15, 0.2) is 91.0 Å². The Bertz CT molecular complexity index is 875. The molecule has 6 atom stereocenters. The number of hydrogen-bond donors (Lipinski definition) is 1. The summed E-state index contributed by atoms with van der Waals surface area (Å²) in [6.45, 7) is 1.21. The molecular weight excluding hydrogens is 432 g/mol. The fourth-order valence-electron chi connectivity index (χ4n) is 4.59. The van der Waals surface area contributed by atoms with Crippen LogP contribution in [0.2, 0.25) is 0 Å². The zero-order valence-electron chi connectivity index (χ0n) is 18.9. The lowest BCUT2D eigenvalue weighted by molar-refractivity contribution is -0.339. The molecule has 178 valence electrons. The summed E-state index contributed by atoms with van der Waals surface area (Å²) in [5.41, 5.74) is 3.09. The van der Waals surface area contributed by atoms with E-state index in [0.717, 1.165) is 16.7 Å². The van der Waals surface area contributed by atoms with Gasteiger partial charge in [0, 0.05) is 0 Å². The molecule has 1 saturated heterocycles. The Labute approximate surface area is 200 Å². The van der Waals surface area contributed by atoms with Crippen molar-refractivity contribution in [3.05, 3.63) is 108 Å². The van der Waals surface area contributed by atoms with Crippen LogP contribution < -0.4 is 0 Å². The number of aliphatic hydroxyl groups excluding tert-OH is 1. The molecule has 0 aromatic heterocycles. The van der Waals surface area contributed by atoms with Crippen LogP contribution in [-0.2, 0) is 43.5 Å². The van der Waals surface area contributed by atoms with Gasteiger partial charge in [0.2, 0.25) is 0 Å². The van der Waals surface area contributed by atoms with Crippen molar-refractivity contribution in [2.45, 2.75) is 56.4 Å². The molecule has 2 unspecified atom stereocenters. The molecule has 34 heavy (non-hydrogen) atoms. The first-order valence-electron chi connectivity index (χ1n) is 11.7. The molecule has 3 aromatic carbocycles. The molecule has 1 saturated carbocycles. The number of aliphatic hydroxyl groups is 1. The highest BCUT2D eigenvalue weighted by Gasteiger charge is 2.56. The van der Waals surface area contributed by atoms with E-state index in [1.807, 2.05) is 91.0 Å². The van der Waals surface area contributed by atoms with Crippen LogP contribution in [0.1, 0.15) is 16.7 Å². The summed E-state index contributed by atoms with van der Waals surface area (Å²) in [7, 11) is 0. The predicted octanol–water partition coefficient (Wildman–Crippen LogP) is 3.86. The van der Waals surface area contributed by atoms with Crippen LogP contribution in [0.3, 0.4) is 0 Å². The summed E-state index contributed by atoms with van der Waals surface area (Å²) < 4.78 is 30.7. The summed E-state index contributed by atoms with van der Waals surface area (Å²) >= 11 is 0. The van der Waals surface area contributed by atoms with E-state index in [2.05, 4.69) is 0 Å². The summed E-state index contributed by atoms with van der Waals surface area (Å²) in [6.07, 6.45) is -3.57. The van der Waals surface area contributed by atoms with Gasteiger partial charge in [-0.05, 0) is 16.7 Å². The Morgan fingerprint density at radius 3 is 1.29 bits per heavy atom. The lowest BCUT2D eigenvalue weighted by Crippen LogP contribution is -2.69. The maximum absolute atomic E-state index is 11.3. The second-order valence-corrected chi connectivity index (χ2v) is 8.65. The van der Waals surface area contributed by atoms with Gasteiger partial charge in [-0.1, -0.05) is 91.0 Å². The third-order valence-electron chi connectivity index (χ3n) is 6.35. The molecule has 1 aliphatic heterocycles. The molecule has 1 N–H and O–H groups in total. The van der Waals surface area contributed by atoms with Crippen LogP contribution >= 0.6 is 0 Å². The standard InChI is InChI=1S/C28H30O6/c29-23-24(30-16-20-10-4-1-5-11-20)26-28(32-18-22-14-8-3-9-15-22)27(34-19-33-26)25(23)31-17-21-12-6-2-7-13-21/h1-15,23-29H,16-19H2/t23?,24-,25-,26-,27+,28?/m0/s1. The quantitative estimate of drug-likeness (QED) is 0.521. The van der Waals surface area contributed by atoms with Crippen molar-refractivity contribution in [1.29, 1.82) is 0 Å². The van der Waals surface area contributed by atoms with E-state index in [1.54, 1.807) is 0 Å². The Kier molecular flexibility index (Phi) is 7.65. The van der Waals surface area contributed by atoms with E-state index in [9.17, 15) is 5.11 Å². The van der Waals surface area contributed by atoms with Crippen molar-refractivity contribution >= 4 is 0 Å². The van der Waals surface area contributed by atoms with E-state index in [1.165, 1.54) is 0 Å². The molecule has 1 aliphatic carbocycles. The Morgan fingerprint density at radius 2 is 0.912 bits per heavy atom. The number of fused-ring (bicyclic) bond motifs is 2. The molecule has 1 heterocycles. The van der Waals surface area contributed by atoms with Crippen molar-refractivity contribution in [1.82, 2.24) is 0 Å². The number of ether oxygens (including phenoxy) is 5. The zero-order valence-corrected chi connectivity index (χ0v) is 18.9. The normalized spacial score (nSPS) is 28.5. The smallest absolute Gasteiger partial charge is 0.148 e. The Morgan fingerprint density at radius 1 is 0.559 bits per heavy atom. The van der Waals surface area contributed by atoms with Gasteiger partial charge in [0.05, 0.1) is 19.8 Å². The van der Waals surface area contributed by atoms with Crippen LogP contribution in [0, 0.1) is 0 Å². The molecule has 6 heteroatoms. The minimum absolute atomic E-state index is 0.101. The molecule has 3 aromatic rings. The van der Waals surface area contributed by atoms with Gasteiger partial charge in [0.1, 0.15) is 43.4 Å². The SMILES string of the molecule is OC1[C@H](OCc2ccccc2)[C@@H]2OCO[C@@H](C2OCc2ccccc2)[C@H]1OCc1ccccc1. The first-order chi connectivity index (χ1) is 16.8. The van der Waals surface area contributed by atoms with Gasteiger partial charge in [-0.2, -0.15) is 0 Å². The van der Waals surface area contributed by atoms with Gasteiger partial charge in [-0.25, -0.2) is 0 Å². The zero-order chi connectivity index (χ0) is 23.2. The summed E-state index contributed by atoms with van der Waals surface area (Å²) in [5.74, 6) is 0. The van der Waals surface area contributed by atoms with Crippen molar-refractivity contribution in [3.8, 4) is 0 Å². The molecule has 2 bridgehead atoms. The van der Waals surface area contributed by atoms with E-state index in [-0.39, 0.29) is 6.79 Å². The predicted molar refractivity (Wildman–Crippen MR) is 126 cm³/mol. The molecule has 0 amide bonds. The van der Waals surface area contributed by atoms with Gasteiger partial charge in [-0.15, -0.1) is 0 Å². The average molecular weight is 463 g/mol. The third kappa shape index (κ3) is 5.39. The van der Waals surface area contributed by atoms with Crippen molar-refractivity contribution in [2.24, 2.45) is 0 Å². The van der Waals surface area contributed by atoms with E-state index < -0.39 is 36.6 Å². The number of hydrogen-bond acceptors (Lipinski definition) is 6. The number of benzene rings is 3. The van der Waals surface area contributed by atoms with Crippen LogP contribution in [0.25, 0.3) is 0 Å². The van der Waals surface area contributed by atoms with E-state index in [0.29, 0.717) is 19.8 Å². The first-order valence-corrected chi connectivity index (χ1v) is 11.7. The molecule has 6 nitrogen and oxygen atoms in total. The minimum atomic E-state index is -0.931. The maximum atomic E-state index is 11.3. The molecule has 2 fully saturated rings. The van der Waals surface area contributed by atoms with E-state index >= 15 is 0 Å².